The molecule has 32 heavy (non-hydrogen) atoms. The molecule has 6 heteroatoms. The van der Waals surface area contributed by atoms with E-state index in [1.807, 2.05) is 60.7 Å². The van der Waals surface area contributed by atoms with Crippen LogP contribution in [0.25, 0.3) is 0 Å². The number of rotatable bonds is 8. The van der Waals surface area contributed by atoms with Crippen LogP contribution in [0.4, 0.5) is 0 Å². The number of aryl methyl sites for hydroxylation is 1. The second kappa shape index (κ2) is 10.5. The monoisotopic (exact) mass is 458 g/mol. The van der Waals surface area contributed by atoms with Crippen LogP contribution >= 0.6 is 23.5 Å². The summed E-state index contributed by atoms with van der Waals surface area (Å²) in [5.74, 6) is 0.548. The number of carbonyl (C=O) groups excluding carboxylic acids is 1. The molecule has 1 atom stereocenters. The second-order valence-corrected chi connectivity index (χ2v) is 9.43. The van der Waals surface area contributed by atoms with Gasteiger partial charge in [0.05, 0.1) is 5.69 Å². The summed E-state index contributed by atoms with van der Waals surface area (Å²) in [5.41, 5.74) is 3.16. The van der Waals surface area contributed by atoms with Crippen molar-refractivity contribution in [3.8, 4) is 0 Å². The first-order chi connectivity index (χ1) is 15.6. The summed E-state index contributed by atoms with van der Waals surface area (Å²) in [7, 11) is 0. The fourth-order valence-electron chi connectivity index (χ4n) is 3.17. The lowest BCUT2D eigenvalue weighted by Crippen LogP contribution is -2.14. The first kappa shape index (κ1) is 22.1. The highest BCUT2D eigenvalue weighted by Crippen LogP contribution is 2.36. The summed E-state index contributed by atoms with van der Waals surface area (Å²) < 4.78 is 0. The van der Waals surface area contributed by atoms with Gasteiger partial charge in [0.1, 0.15) is 5.25 Å². The highest BCUT2D eigenvalue weighted by atomic mass is 32.2. The molecule has 160 valence electrons. The van der Waals surface area contributed by atoms with Crippen LogP contribution in [0.2, 0.25) is 0 Å². The van der Waals surface area contributed by atoms with Crippen molar-refractivity contribution in [2.45, 2.75) is 28.0 Å². The Kier molecular flexibility index (Phi) is 7.24. The number of benzene rings is 3. The van der Waals surface area contributed by atoms with Crippen molar-refractivity contribution in [2.24, 2.45) is 0 Å². The number of ketones is 1. The molecule has 0 amide bonds. The van der Waals surface area contributed by atoms with E-state index in [2.05, 4.69) is 41.2 Å². The van der Waals surface area contributed by atoms with Gasteiger partial charge in [-0.05, 0) is 24.6 Å². The minimum atomic E-state index is -0.512. The lowest BCUT2D eigenvalue weighted by molar-refractivity contribution is 0.0989. The van der Waals surface area contributed by atoms with Crippen molar-refractivity contribution in [3.63, 3.8) is 0 Å². The highest BCUT2D eigenvalue weighted by molar-refractivity contribution is 8.00. The molecule has 1 heterocycles. The Morgan fingerprint density at radius 2 is 1.59 bits per heavy atom. The van der Waals surface area contributed by atoms with E-state index in [1.165, 1.54) is 23.4 Å². The van der Waals surface area contributed by atoms with Crippen LogP contribution in [0.1, 0.15) is 32.4 Å². The minimum Gasteiger partial charge on any atom is -0.301 e. The van der Waals surface area contributed by atoms with Gasteiger partial charge in [-0.15, -0.1) is 11.8 Å². The van der Waals surface area contributed by atoms with Gasteiger partial charge >= 0.3 is 0 Å². The average molecular weight is 459 g/mol. The summed E-state index contributed by atoms with van der Waals surface area (Å²) in [6, 6.07) is 28.6. The van der Waals surface area contributed by atoms with E-state index in [9.17, 15) is 9.59 Å². The van der Waals surface area contributed by atoms with Gasteiger partial charge in [0.15, 0.2) is 10.9 Å². The first-order valence-electron chi connectivity index (χ1n) is 10.2. The third-order valence-electron chi connectivity index (χ3n) is 4.81. The Bertz CT molecular complexity index is 1240. The van der Waals surface area contributed by atoms with Gasteiger partial charge in [-0.2, -0.15) is 0 Å². The number of Topliss-reactive ketones (excluding diaryl/α,β-unsaturated/α-hetero) is 1. The van der Waals surface area contributed by atoms with E-state index in [0.29, 0.717) is 22.2 Å². The number of carbonyl (C=O) groups is 1. The van der Waals surface area contributed by atoms with E-state index >= 15 is 0 Å². The summed E-state index contributed by atoms with van der Waals surface area (Å²) in [6.07, 6.45) is 0. The Morgan fingerprint density at radius 3 is 2.28 bits per heavy atom. The molecule has 0 aliphatic rings. The van der Waals surface area contributed by atoms with Crippen LogP contribution in [-0.4, -0.2) is 15.8 Å². The highest BCUT2D eigenvalue weighted by Gasteiger charge is 2.24. The number of hydrogen-bond acceptors (Lipinski definition) is 5. The zero-order chi connectivity index (χ0) is 22.3. The molecule has 0 saturated carbocycles. The number of hydrogen-bond donors (Lipinski definition) is 1. The van der Waals surface area contributed by atoms with Crippen molar-refractivity contribution in [2.75, 3.05) is 0 Å². The maximum atomic E-state index is 13.3. The molecule has 1 aromatic heterocycles. The number of nitrogens with one attached hydrogen (secondary N) is 1. The molecule has 0 fully saturated rings. The van der Waals surface area contributed by atoms with Gasteiger partial charge in [0.2, 0.25) is 0 Å². The lowest BCUT2D eigenvalue weighted by atomic mass is 10.0. The number of nitrogens with zero attached hydrogens (tertiary/aromatic N) is 1. The Hall–Kier alpha value is -3.09. The van der Waals surface area contributed by atoms with Crippen LogP contribution in [0.5, 0.6) is 0 Å². The minimum absolute atomic E-state index is 0.0242. The number of aromatic amines is 1. The SMILES string of the molecule is Cc1ccc(SCc2cc(=O)[nH]c(S[C@H](C(=O)c3ccccc3)c3ccccc3)n2)cc1. The van der Waals surface area contributed by atoms with Gasteiger partial charge in [0, 0.05) is 22.3 Å². The number of H-pyrrole nitrogens is 1. The largest absolute Gasteiger partial charge is 0.301 e. The standard InChI is InChI=1S/C26H22N2O2S2/c1-18-12-14-22(15-13-18)31-17-21-16-23(29)28-26(27-21)32-25(20-10-6-3-7-11-20)24(30)19-8-4-2-5-9-19/h2-16,25H,17H2,1H3,(H,27,28,29)/t25-/m0/s1. The van der Waals surface area contributed by atoms with Gasteiger partial charge in [-0.1, -0.05) is 90.1 Å². The quantitative estimate of drug-likeness (QED) is 0.197. The van der Waals surface area contributed by atoms with Crippen LogP contribution < -0.4 is 5.56 Å². The second-order valence-electron chi connectivity index (χ2n) is 7.28. The molecule has 4 aromatic rings. The predicted molar refractivity (Wildman–Crippen MR) is 131 cm³/mol. The summed E-state index contributed by atoms with van der Waals surface area (Å²) in [6.45, 7) is 2.05. The van der Waals surface area contributed by atoms with E-state index in [4.69, 9.17) is 0 Å². The smallest absolute Gasteiger partial charge is 0.251 e. The van der Waals surface area contributed by atoms with Gasteiger partial charge in [-0.25, -0.2) is 4.98 Å². The van der Waals surface area contributed by atoms with Crippen LogP contribution in [-0.2, 0) is 5.75 Å². The molecule has 0 aliphatic carbocycles. The Balaban J connectivity index is 1.58. The summed E-state index contributed by atoms with van der Waals surface area (Å²) >= 11 is 2.90. The zero-order valence-electron chi connectivity index (χ0n) is 17.5. The lowest BCUT2D eigenvalue weighted by Gasteiger charge is -2.16. The van der Waals surface area contributed by atoms with E-state index in [-0.39, 0.29) is 11.3 Å². The molecular weight excluding hydrogens is 436 g/mol. The van der Waals surface area contributed by atoms with Crippen molar-refractivity contribution < 1.29 is 4.79 Å². The fraction of sp³-hybridized carbons (Fsp3) is 0.115. The molecular formula is C26H22N2O2S2. The Labute approximate surface area is 195 Å². The maximum Gasteiger partial charge on any atom is 0.251 e. The topological polar surface area (TPSA) is 62.8 Å². The van der Waals surface area contributed by atoms with Crippen molar-refractivity contribution >= 4 is 29.3 Å². The van der Waals surface area contributed by atoms with Crippen molar-refractivity contribution in [1.82, 2.24) is 9.97 Å². The van der Waals surface area contributed by atoms with Gasteiger partial charge < -0.3 is 4.98 Å². The Morgan fingerprint density at radius 1 is 0.938 bits per heavy atom. The molecule has 0 aliphatic heterocycles. The summed E-state index contributed by atoms with van der Waals surface area (Å²) in [4.78, 5) is 34.2. The van der Waals surface area contributed by atoms with E-state index < -0.39 is 5.25 Å². The molecule has 0 radical (unpaired) electrons. The number of aromatic nitrogens is 2. The predicted octanol–water partition coefficient (Wildman–Crippen LogP) is 6.09. The maximum absolute atomic E-state index is 13.3. The normalized spacial score (nSPS) is 11.8. The van der Waals surface area contributed by atoms with Gasteiger partial charge in [-0.3, -0.25) is 9.59 Å². The molecule has 0 saturated heterocycles. The molecule has 1 N–H and O–H groups in total. The fourth-order valence-corrected chi connectivity index (χ4v) is 5.05. The van der Waals surface area contributed by atoms with Crippen molar-refractivity contribution in [3.05, 3.63) is 124 Å². The third kappa shape index (κ3) is 5.78. The average Bonchev–Trinajstić information content (AvgIpc) is 2.82. The molecule has 0 bridgehead atoms. The van der Waals surface area contributed by atoms with E-state index in [0.717, 1.165) is 10.5 Å². The molecule has 4 rings (SSSR count). The zero-order valence-corrected chi connectivity index (χ0v) is 19.2. The summed E-state index contributed by atoms with van der Waals surface area (Å²) in [5, 5.41) is -0.0723. The van der Waals surface area contributed by atoms with Gasteiger partial charge in [0.25, 0.3) is 5.56 Å². The van der Waals surface area contributed by atoms with Crippen LogP contribution in [0, 0.1) is 6.92 Å². The van der Waals surface area contributed by atoms with Crippen LogP contribution in [0.3, 0.4) is 0 Å². The third-order valence-corrected chi connectivity index (χ3v) is 6.99. The first-order valence-corrected chi connectivity index (χ1v) is 12.1. The molecule has 3 aromatic carbocycles. The number of thioether (sulfide) groups is 2. The van der Waals surface area contributed by atoms with Crippen molar-refractivity contribution in [1.29, 1.82) is 0 Å². The van der Waals surface area contributed by atoms with E-state index in [1.54, 1.807) is 11.8 Å². The molecule has 0 unspecified atom stereocenters. The molecule has 0 spiro atoms. The van der Waals surface area contributed by atoms with Crippen LogP contribution in [0.15, 0.2) is 106 Å². The molecule has 4 nitrogen and oxygen atoms in total.